The van der Waals surface area contributed by atoms with Gasteiger partial charge in [0.15, 0.2) is 0 Å². The Bertz CT molecular complexity index is 861. The van der Waals surface area contributed by atoms with E-state index in [9.17, 15) is 14.0 Å². The zero-order valence-corrected chi connectivity index (χ0v) is 18.3. The molecule has 0 N–H and O–H groups in total. The molecule has 5 nitrogen and oxygen atoms in total. The molecule has 2 aromatic carbocycles. The molecular weight excluding hydrogens is 385 g/mol. The highest BCUT2D eigenvalue weighted by Crippen LogP contribution is 2.27. The summed E-state index contributed by atoms with van der Waals surface area (Å²) in [6.45, 7) is 9.62. The predicted molar refractivity (Wildman–Crippen MR) is 113 cm³/mol. The van der Waals surface area contributed by atoms with Crippen LogP contribution in [0.25, 0.3) is 0 Å². The minimum Gasteiger partial charge on any atom is -0.462 e. The molecule has 0 amide bonds. The second-order valence-corrected chi connectivity index (χ2v) is 8.11. The number of halogens is 1. The summed E-state index contributed by atoms with van der Waals surface area (Å²) in [5, 5.41) is 0. The maximum Gasteiger partial charge on any atom is 0.338 e. The van der Waals surface area contributed by atoms with Crippen molar-refractivity contribution in [2.45, 2.75) is 52.8 Å². The van der Waals surface area contributed by atoms with Gasteiger partial charge in [-0.05, 0) is 63.9 Å². The molecule has 6 heteroatoms. The Morgan fingerprint density at radius 2 is 1.77 bits per heavy atom. The first kappa shape index (κ1) is 23.5. The first-order valence-corrected chi connectivity index (χ1v) is 10.1. The van der Waals surface area contributed by atoms with E-state index in [2.05, 4.69) is 0 Å². The predicted octanol–water partition coefficient (Wildman–Crippen LogP) is 4.91. The van der Waals surface area contributed by atoms with Crippen molar-refractivity contribution in [1.82, 2.24) is 4.90 Å². The smallest absolute Gasteiger partial charge is 0.338 e. The molecule has 0 bridgehead atoms. The minimum absolute atomic E-state index is 0.00783. The largest absolute Gasteiger partial charge is 0.462 e. The van der Waals surface area contributed by atoms with Crippen LogP contribution in [0.3, 0.4) is 0 Å². The van der Waals surface area contributed by atoms with E-state index in [1.807, 2.05) is 42.2 Å². The van der Waals surface area contributed by atoms with E-state index >= 15 is 0 Å². The van der Waals surface area contributed by atoms with Crippen LogP contribution in [0, 0.1) is 5.82 Å². The number of benzene rings is 2. The van der Waals surface area contributed by atoms with Gasteiger partial charge in [0.05, 0.1) is 18.7 Å². The average Bonchev–Trinajstić information content (AvgIpc) is 2.66. The first-order chi connectivity index (χ1) is 14.1. The van der Waals surface area contributed by atoms with Crippen molar-refractivity contribution >= 4 is 11.9 Å². The van der Waals surface area contributed by atoms with Crippen molar-refractivity contribution in [3.8, 4) is 0 Å². The quantitative estimate of drug-likeness (QED) is 0.574. The Morgan fingerprint density at radius 1 is 1.10 bits per heavy atom. The summed E-state index contributed by atoms with van der Waals surface area (Å²) < 4.78 is 24.7. The van der Waals surface area contributed by atoms with Gasteiger partial charge < -0.3 is 9.47 Å². The van der Waals surface area contributed by atoms with E-state index in [-0.39, 0.29) is 24.7 Å². The van der Waals surface area contributed by atoms with Crippen LogP contribution in [0.2, 0.25) is 0 Å². The summed E-state index contributed by atoms with van der Waals surface area (Å²) >= 11 is 0. The summed E-state index contributed by atoms with van der Waals surface area (Å²) in [5.74, 6) is -1.36. The van der Waals surface area contributed by atoms with Crippen LogP contribution in [0.15, 0.2) is 48.5 Å². The molecule has 2 rings (SSSR count). The fourth-order valence-corrected chi connectivity index (χ4v) is 3.16. The Hall–Kier alpha value is -2.73. The van der Waals surface area contributed by atoms with Gasteiger partial charge in [0.25, 0.3) is 0 Å². The topological polar surface area (TPSA) is 55.8 Å². The van der Waals surface area contributed by atoms with Crippen LogP contribution in [0.1, 0.15) is 62.1 Å². The molecule has 0 saturated heterocycles. The molecule has 0 aliphatic heterocycles. The second kappa shape index (κ2) is 10.3. The standard InChI is InChI=1S/C24H30FNO4/c1-6-29-23(28)20-13-12-19(25)14-21(20)17(2)26(15-18-10-8-7-9-11-18)16-22(27)30-24(3,4)5/h7-14,17H,6,15-16H2,1-5H3. The van der Waals surface area contributed by atoms with Crippen LogP contribution >= 0.6 is 0 Å². The SMILES string of the molecule is CCOC(=O)c1ccc(F)cc1C(C)N(CC(=O)OC(C)(C)C)Cc1ccccc1. The van der Waals surface area contributed by atoms with Crippen molar-refractivity contribution in [3.05, 3.63) is 71.0 Å². The molecule has 0 aliphatic carbocycles. The van der Waals surface area contributed by atoms with E-state index in [1.54, 1.807) is 27.7 Å². The number of rotatable bonds is 8. The third-order valence-electron chi connectivity index (χ3n) is 4.49. The summed E-state index contributed by atoms with van der Waals surface area (Å²) in [4.78, 5) is 26.8. The summed E-state index contributed by atoms with van der Waals surface area (Å²) in [6.07, 6.45) is 0. The van der Waals surface area contributed by atoms with Crippen molar-refractivity contribution in [1.29, 1.82) is 0 Å². The van der Waals surface area contributed by atoms with Gasteiger partial charge in [-0.1, -0.05) is 30.3 Å². The van der Waals surface area contributed by atoms with Crippen LogP contribution in [0.5, 0.6) is 0 Å². The van der Waals surface area contributed by atoms with Crippen LogP contribution in [-0.2, 0) is 20.8 Å². The van der Waals surface area contributed by atoms with Crippen LogP contribution < -0.4 is 0 Å². The highest BCUT2D eigenvalue weighted by molar-refractivity contribution is 5.91. The fourth-order valence-electron chi connectivity index (χ4n) is 3.16. The number of esters is 2. The first-order valence-electron chi connectivity index (χ1n) is 10.1. The number of hydrogen-bond acceptors (Lipinski definition) is 5. The van der Waals surface area contributed by atoms with E-state index < -0.39 is 23.4 Å². The van der Waals surface area contributed by atoms with Gasteiger partial charge in [-0.2, -0.15) is 0 Å². The van der Waals surface area contributed by atoms with Gasteiger partial charge in [0.1, 0.15) is 11.4 Å². The second-order valence-electron chi connectivity index (χ2n) is 8.11. The van der Waals surface area contributed by atoms with Gasteiger partial charge in [0.2, 0.25) is 0 Å². The van der Waals surface area contributed by atoms with Crippen molar-refractivity contribution in [2.24, 2.45) is 0 Å². The molecule has 0 spiro atoms. The molecule has 0 saturated carbocycles. The third-order valence-corrected chi connectivity index (χ3v) is 4.49. The number of carbonyl (C=O) groups is 2. The van der Waals surface area contributed by atoms with Crippen molar-refractivity contribution in [3.63, 3.8) is 0 Å². The lowest BCUT2D eigenvalue weighted by Crippen LogP contribution is -2.36. The monoisotopic (exact) mass is 415 g/mol. The number of nitrogens with zero attached hydrogens (tertiary/aromatic N) is 1. The molecule has 0 aliphatic rings. The molecular formula is C24H30FNO4. The molecule has 1 atom stereocenters. The Kier molecular flexibility index (Phi) is 8.12. The summed E-state index contributed by atoms with van der Waals surface area (Å²) in [7, 11) is 0. The zero-order valence-electron chi connectivity index (χ0n) is 18.3. The Morgan fingerprint density at radius 3 is 2.37 bits per heavy atom. The summed E-state index contributed by atoms with van der Waals surface area (Å²) in [5.41, 5.74) is 1.12. The van der Waals surface area contributed by atoms with Crippen LogP contribution in [0.4, 0.5) is 4.39 Å². The lowest BCUT2D eigenvalue weighted by atomic mass is 9.99. The third kappa shape index (κ3) is 6.95. The highest BCUT2D eigenvalue weighted by Gasteiger charge is 2.26. The van der Waals surface area contributed by atoms with E-state index in [4.69, 9.17) is 9.47 Å². The molecule has 0 heterocycles. The number of carbonyl (C=O) groups excluding carboxylic acids is 2. The lowest BCUT2D eigenvalue weighted by molar-refractivity contribution is -0.156. The molecule has 2 aromatic rings. The van der Waals surface area contributed by atoms with Crippen molar-refractivity contribution < 1.29 is 23.5 Å². The zero-order chi connectivity index (χ0) is 22.3. The Balaban J connectivity index is 2.38. The molecule has 0 aromatic heterocycles. The van der Waals surface area contributed by atoms with Gasteiger partial charge in [-0.15, -0.1) is 0 Å². The van der Waals surface area contributed by atoms with E-state index in [0.29, 0.717) is 12.1 Å². The average molecular weight is 416 g/mol. The van der Waals surface area contributed by atoms with Gasteiger partial charge in [-0.3, -0.25) is 9.69 Å². The molecule has 30 heavy (non-hydrogen) atoms. The maximum atomic E-state index is 14.1. The minimum atomic E-state index is -0.617. The van der Waals surface area contributed by atoms with Gasteiger partial charge in [-0.25, -0.2) is 9.18 Å². The maximum absolute atomic E-state index is 14.1. The summed E-state index contributed by atoms with van der Waals surface area (Å²) in [6, 6.07) is 13.2. The van der Waals surface area contributed by atoms with Gasteiger partial charge >= 0.3 is 11.9 Å². The highest BCUT2D eigenvalue weighted by atomic mass is 19.1. The van der Waals surface area contributed by atoms with Crippen LogP contribution in [-0.4, -0.2) is 35.6 Å². The molecule has 0 fully saturated rings. The van der Waals surface area contributed by atoms with E-state index in [0.717, 1.165) is 5.56 Å². The Labute approximate surface area is 177 Å². The normalized spacial score (nSPS) is 12.5. The number of hydrogen-bond donors (Lipinski definition) is 0. The lowest BCUT2D eigenvalue weighted by Gasteiger charge is -2.31. The van der Waals surface area contributed by atoms with Crippen molar-refractivity contribution in [2.75, 3.05) is 13.2 Å². The molecule has 162 valence electrons. The van der Waals surface area contributed by atoms with E-state index in [1.165, 1.54) is 18.2 Å². The number of ether oxygens (including phenoxy) is 2. The fraction of sp³-hybridized carbons (Fsp3) is 0.417. The molecule has 0 radical (unpaired) electrons. The van der Waals surface area contributed by atoms with Gasteiger partial charge in [0, 0.05) is 12.6 Å². The molecule has 1 unspecified atom stereocenters.